The minimum absolute atomic E-state index is 0.0229. The normalized spacial score (nSPS) is 12.9. The number of carbonyl (C=O) groups excluding carboxylic acids is 2. The van der Waals surface area contributed by atoms with Crippen LogP contribution < -0.4 is 0 Å². The Morgan fingerprint density at radius 1 is 0.535 bits per heavy atom. The van der Waals surface area contributed by atoms with E-state index in [-0.39, 0.29) is 30.6 Å². The zero-order valence-electron chi connectivity index (χ0n) is 29.7. The van der Waals surface area contributed by atoms with E-state index in [2.05, 4.69) is 25.7 Å². The standard InChI is InChI=1S/C38H75NO4/c1-6-9-12-14-16-17-18-19-20-22-24-27-31-36(43-37(40)32-28-33-39(4)5)34-42-38(41)35(29-25-11-8-3)30-26-23-21-15-13-10-7-2/h35-36H,6-34H2,1-5H3. The van der Waals surface area contributed by atoms with Gasteiger partial charge >= 0.3 is 11.9 Å². The molecule has 0 aromatic heterocycles. The van der Waals surface area contributed by atoms with E-state index >= 15 is 0 Å². The van der Waals surface area contributed by atoms with Crippen LogP contribution in [0.3, 0.4) is 0 Å². The summed E-state index contributed by atoms with van der Waals surface area (Å²) in [6.45, 7) is 7.80. The summed E-state index contributed by atoms with van der Waals surface area (Å²) in [5.74, 6) is -0.264. The van der Waals surface area contributed by atoms with E-state index in [4.69, 9.17) is 9.47 Å². The molecule has 0 heterocycles. The minimum atomic E-state index is -0.325. The van der Waals surface area contributed by atoms with Crippen molar-refractivity contribution in [3.8, 4) is 0 Å². The minimum Gasteiger partial charge on any atom is -0.462 e. The molecule has 0 rings (SSSR count). The smallest absolute Gasteiger partial charge is 0.309 e. The van der Waals surface area contributed by atoms with Gasteiger partial charge in [-0.15, -0.1) is 0 Å². The van der Waals surface area contributed by atoms with Crippen LogP contribution >= 0.6 is 0 Å². The number of carbonyl (C=O) groups is 2. The highest BCUT2D eigenvalue weighted by atomic mass is 16.6. The number of ether oxygens (including phenoxy) is 2. The summed E-state index contributed by atoms with van der Waals surface area (Å²) in [4.78, 5) is 27.9. The zero-order valence-corrected chi connectivity index (χ0v) is 29.7. The van der Waals surface area contributed by atoms with Crippen molar-refractivity contribution < 1.29 is 19.1 Å². The molecule has 0 fully saturated rings. The zero-order chi connectivity index (χ0) is 31.8. The van der Waals surface area contributed by atoms with Crippen LogP contribution in [0.5, 0.6) is 0 Å². The molecular weight excluding hydrogens is 534 g/mol. The van der Waals surface area contributed by atoms with Gasteiger partial charge in [0.05, 0.1) is 5.92 Å². The number of hydrogen-bond acceptors (Lipinski definition) is 5. The lowest BCUT2D eigenvalue weighted by Crippen LogP contribution is -2.28. The number of esters is 2. The number of rotatable bonds is 33. The molecule has 5 heteroatoms. The first-order chi connectivity index (χ1) is 20.9. The summed E-state index contributed by atoms with van der Waals surface area (Å²) in [5, 5.41) is 0. The molecule has 0 radical (unpaired) electrons. The van der Waals surface area contributed by atoms with Gasteiger partial charge in [-0.05, 0) is 52.7 Å². The van der Waals surface area contributed by atoms with Crippen LogP contribution in [0.25, 0.3) is 0 Å². The molecule has 43 heavy (non-hydrogen) atoms. The molecular formula is C38H75NO4. The van der Waals surface area contributed by atoms with Gasteiger partial charge in [0.25, 0.3) is 0 Å². The lowest BCUT2D eigenvalue weighted by molar-refractivity contribution is -0.162. The third-order valence-electron chi connectivity index (χ3n) is 8.72. The van der Waals surface area contributed by atoms with Crippen molar-refractivity contribution in [2.45, 2.75) is 200 Å². The van der Waals surface area contributed by atoms with Crippen molar-refractivity contribution in [1.29, 1.82) is 0 Å². The molecule has 0 aliphatic carbocycles. The summed E-state index contributed by atoms with van der Waals surface area (Å²) in [5.41, 5.74) is 0. The molecule has 0 saturated carbocycles. The van der Waals surface area contributed by atoms with Gasteiger partial charge in [0.1, 0.15) is 12.7 Å². The average Bonchev–Trinajstić information content (AvgIpc) is 2.98. The molecule has 256 valence electrons. The van der Waals surface area contributed by atoms with Crippen molar-refractivity contribution in [2.24, 2.45) is 5.92 Å². The molecule has 0 aliphatic rings. The molecule has 0 saturated heterocycles. The van der Waals surface area contributed by atoms with E-state index in [9.17, 15) is 9.59 Å². The van der Waals surface area contributed by atoms with Crippen LogP contribution in [0, 0.1) is 5.92 Å². The van der Waals surface area contributed by atoms with Crippen LogP contribution in [-0.4, -0.2) is 50.2 Å². The van der Waals surface area contributed by atoms with Crippen LogP contribution in [0.15, 0.2) is 0 Å². The summed E-state index contributed by atoms with van der Waals surface area (Å²) in [6.07, 6.45) is 31.3. The van der Waals surface area contributed by atoms with Gasteiger partial charge in [-0.3, -0.25) is 9.59 Å². The molecule has 0 amide bonds. The highest BCUT2D eigenvalue weighted by molar-refractivity contribution is 5.72. The summed E-state index contributed by atoms with van der Waals surface area (Å²) < 4.78 is 11.8. The highest BCUT2D eigenvalue weighted by Gasteiger charge is 2.22. The Balaban J connectivity index is 4.63. The maximum atomic E-state index is 13.2. The fourth-order valence-electron chi connectivity index (χ4n) is 5.84. The third-order valence-corrected chi connectivity index (χ3v) is 8.72. The molecule has 0 aromatic carbocycles. The van der Waals surface area contributed by atoms with Crippen molar-refractivity contribution in [3.63, 3.8) is 0 Å². The quantitative estimate of drug-likeness (QED) is 0.0547. The molecule has 0 spiro atoms. The predicted molar refractivity (Wildman–Crippen MR) is 185 cm³/mol. The van der Waals surface area contributed by atoms with Crippen molar-refractivity contribution in [1.82, 2.24) is 4.90 Å². The average molecular weight is 610 g/mol. The van der Waals surface area contributed by atoms with Crippen molar-refractivity contribution in [3.05, 3.63) is 0 Å². The van der Waals surface area contributed by atoms with E-state index in [1.165, 1.54) is 103 Å². The van der Waals surface area contributed by atoms with Gasteiger partial charge in [-0.2, -0.15) is 0 Å². The Kier molecular flexibility index (Phi) is 31.5. The second-order valence-corrected chi connectivity index (χ2v) is 13.4. The largest absolute Gasteiger partial charge is 0.462 e. The molecule has 0 aromatic rings. The van der Waals surface area contributed by atoms with Gasteiger partial charge in [-0.25, -0.2) is 0 Å². The van der Waals surface area contributed by atoms with Crippen LogP contribution in [0.2, 0.25) is 0 Å². The lowest BCUT2D eigenvalue weighted by Gasteiger charge is -2.21. The predicted octanol–water partition coefficient (Wildman–Crippen LogP) is 11.2. The van der Waals surface area contributed by atoms with E-state index < -0.39 is 0 Å². The van der Waals surface area contributed by atoms with E-state index in [0.29, 0.717) is 6.42 Å². The lowest BCUT2D eigenvalue weighted by atomic mass is 9.94. The Labute approximate surface area is 269 Å². The number of unbranched alkanes of at least 4 members (excludes halogenated alkanes) is 19. The Hall–Kier alpha value is -1.10. The van der Waals surface area contributed by atoms with Crippen LogP contribution in [0.4, 0.5) is 0 Å². The second-order valence-electron chi connectivity index (χ2n) is 13.4. The SMILES string of the molecule is CCCCCCCCCCCCCCC(COC(=O)C(CCCCC)CCCCCCCCC)OC(=O)CCCN(C)C. The highest BCUT2D eigenvalue weighted by Crippen LogP contribution is 2.21. The van der Waals surface area contributed by atoms with Gasteiger partial charge in [0.15, 0.2) is 0 Å². The first-order valence-corrected chi connectivity index (χ1v) is 18.9. The fraction of sp³-hybridized carbons (Fsp3) is 0.947. The van der Waals surface area contributed by atoms with Crippen LogP contribution in [0.1, 0.15) is 194 Å². The number of hydrogen-bond donors (Lipinski definition) is 0. The summed E-state index contributed by atoms with van der Waals surface area (Å²) in [7, 11) is 4.04. The molecule has 0 N–H and O–H groups in total. The Bertz CT molecular complexity index is 609. The first kappa shape index (κ1) is 41.9. The summed E-state index contributed by atoms with van der Waals surface area (Å²) in [6, 6.07) is 0. The maximum absolute atomic E-state index is 13.2. The summed E-state index contributed by atoms with van der Waals surface area (Å²) >= 11 is 0. The topological polar surface area (TPSA) is 55.8 Å². The van der Waals surface area contributed by atoms with Gasteiger partial charge in [-0.1, -0.05) is 156 Å². The monoisotopic (exact) mass is 610 g/mol. The van der Waals surface area contributed by atoms with Gasteiger partial charge < -0.3 is 14.4 Å². The molecule has 0 aliphatic heterocycles. The molecule has 2 unspecified atom stereocenters. The fourth-order valence-corrected chi connectivity index (χ4v) is 5.84. The van der Waals surface area contributed by atoms with Crippen LogP contribution in [-0.2, 0) is 19.1 Å². The Morgan fingerprint density at radius 2 is 0.930 bits per heavy atom. The molecule has 2 atom stereocenters. The Morgan fingerprint density at radius 3 is 1.40 bits per heavy atom. The molecule has 0 bridgehead atoms. The molecule has 5 nitrogen and oxygen atoms in total. The van der Waals surface area contributed by atoms with Gasteiger partial charge in [0, 0.05) is 6.42 Å². The third kappa shape index (κ3) is 29.4. The van der Waals surface area contributed by atoms with E-state index in [0.717, 1.165) is 70.8 Å². The maximum Gasteiger partial charge on any atom is 0.309 e. The van der Waals surface area contributed by atoms with E-state index in [1.54, 1.807) is 0 Å². The second kappa shape index (κ2) is 32.3. The van der Waals surface area contributed by atoms with E-state index in [1.807, 2.05) is 14.1 Å². The van der Waals surface area contributed by atoms with Gasteiger partial charge in [0.2, 0.25) is 0 Å². The number of nitrogens with zero attached hydrogens (tertiary/aromatic N) is 1. The van der Waals surface area contributed by atoms with Crippen molar-refractivity contribution in [2.75, 3.05) is 27.2 Å². The van der Waals surface area contributed by atoms with Crippen molar-refractivity contribution >= 4 is 11.9 Å². The first-order valence-electron chi connectivity index (χ1n) is 18.9.